The quantitative estimate of drug-likeness (QED) is 0.704. The van der Waals surface area contributed by atoms with E-state index in [-0.39, 0.29) is 11.6 Å². The van der Waals surface area contributed by atoms with E-state index in [9.17, 15) is 0 Å². The summed E-state index contributed by atoms with van der Waals surface area (Å²) < 4.78 is 5.88. The van der Waals surface area contributed by atoms with Gasteiger partial charge in [-0.15, -0.1) is 0 Å². The molecule has 0 spiro atoms. The number of nitrogens with zero attached hydrogens (tertiary/aromatic N) is 1. The second-order valence-electron chi connectivity index (χ2n) is 4.70. The highest BCUT2D eigenvalue weighted by molar-refractivity contribution is 6.29. The number of pyridine rings is 1. The summed E-state index contributed by atoms with van der Waals surface area (Å²) >= 11 is 5.91. The molecule has 0 aromatic carbocycles. The van der Waals surface area contributed by atoms with Gasteiger partial charge in [-0.1, -0.05) is 17.7 Å². The summed E-state index contributed by atoms with van der Waals surface area (Å²) in [7, 11) is 0. The molecule has 16 heavy (non-hydrogen) atoms. The molecule has 3 heterocycles. The summed E-state index contributed by atoms with van der Waals surface area (Å²) in [4.78, 5) is 4.35. The molecule has 1 fully saturated rings. The van der Waals surface area contributed by atoms with Crippen LogP contribution < -0.4 is 5.32 Å². The summed E-state index contributed by atoms with van der Waals surface area (Å²) in [6.07, 6.45) is 2.55. The number of ether oxygens (including phenoxy) is 1. The van der Waals surface area contributed by atoms with Crippen molar-refractivity contribution in [2.24, 2.45) is 0 Å². The Morgan fingerprint density at radius 3 is 3.31 bits per heavy atom. The molecule has 3 rings (SSSR count). The Morgan fingerprint density at radius 1 is 1.56 bits per heavy atom. The fourth-order valence-electron chi connectivity index (χ4n) is 2.79. The molecule has 0 aliphatic carbocycles. The molecule has 1 saturated heterocycles. The molecule has 2 atom stereocenters. The van der Waals surface area contributed by atoms with E-state index in [2.05, 4.69) is 23.3 Å². The highest BCUT2D eigenvalue weighted by Crippen LogP contribution is 2.38. The Balaban J connectivity index is 2.09. The molecule has 1 aromatic rings. The Kier molecular flexibility index (Phi) is 2.42. The van der Waals surface area contributed by atoms with Gasteiger partial charge in [-0.05, 0) is 37.9 Å². The number of hydrogen-bond donors (Lipinski definition) is 1. The van der Waals surface area contributed by atoms with Crippen molar-refractivity contribution in [2.45, 2.75) is 38.0 Å². The maximum Gasteiger partial charge on any atom is 0.129 e. The fraction of sp³-hybridized carbons (Fsp3) is 0.583. The lowest BCUT2D eigenvalue weighted by Gasteiger charge is -2.46. The number of piperidine rings is 1. The third-order valence-electron chi connectivity index (χ3n) is 3.70. The molecule has 4 heteroatoms. The molecule has 86 valence electrons. The zero-order chi connectivity index (χ0) is 11.2. The molecular weight excluding hydrogens is 224 g/mol. The fourth-order valence-corrected chi connectivity index (χ4v) is 2.96. The minimum absolute atomic E-state index is 0.0938. The molecule has 2 aliphatic rings. The molecule has 1 aromatic heterocycles. The lowest BCUT2D eigenvalue weighted by atomic mass is 9.79. The van der Waals surface area contributed by atoms with E-state index >= 15 is 0 Å². The van der Waals surface area contributed by atoms with Crippen LogP contribution in [-0.4, -0.2) is 17.6 Å². The first-order valence-corrected chi connectivity index (χ1v) is 6.10. The summed E-state index contributed by atoms with van der Waals surface area (Å²) in [5.41, 5.74) is 2.12. The molecule has 2 aliphatic heterocycles. The molecule has 3 nitrogen and oxygen atoms in total. The van der Waals surface area contributed by atoms with Crippen molar-refractivity contribution in [3.05, 3.63) is 28.5 Å². The van der Waals surface area contributed by atoms with Crippen molar-refractivity contribution in [2.75, 3.05) is 6.54 Å². The first-order chi connectivity index (χ1) is 7.70. The van der Waals surface area contributed by atoms with Crippen molar-refractivity contribution in [3.8, 4) is 0 Å². The number of hydrogen-bond acceptors (Lipinski definition) is 3. The van der Waals surface area contributed by atoms with Crippen LogP contribution in [0.15, 0.2) is 12.1 Å². The van der Waals surface area contributed by atoms with E-state index in [1.807, 2.05) is 6.07 Å². The predicted molar refractivity (Wildman–Crippen MR) is 62.4 cm³/mol. The smallest absolute Gasteiger partial charge is 0.129 e. The number of nitrogens with one attached hydrogen (secondary N) is 1. The van der Waals surface area contributed by atoms with Gasteiger partial charge < -0.3 is 10.1 Å². The van der Waals surface area contributed by atoms with Crippen LogP contribution in [0.5, 0.6) is 0 Å². The first kappa shape index (κ1) is 10.5. The van der Waals surface area contributed by atoms with Crippen LogP contribution in [0.2, 0.25) is 5.15 Å². The van der Waals surface area contributed by atoms with E-state index in [1.165, 1.54) is 12.0 Å². The maximum absolute atomic E-state index is 5.91. The van der Waals surface area contributed by atoms with Crippen LogP contribution in [0, 0.1) is 0 Å². The molecule has 1 N–H and O–H groups in total. The van der Waals surface area contributed by atoms with Crippen molar-refractivity contribution >= 4 is 11.6 Å². The van der Waals surface area contributed by atoms with Crippen molar-refractivity contribution in [1.82, 2.24) is 10.3 Å². The van der Waals surface area contributed by atoms with Gasteiger partial charge in [-0.2, -0.15) is 0 Å². The number of aromatic nitrogens is 1. The Bertz CT molecular complexity index is 423. The van der Waals surface area contributed by atoms with Crippen LogP contribution in [0.3, 0.4) is 0 Å². The van der Waals surface area contributed by atoms with Crippen molar-refractivity contribution in [1.29, 1.82) is 0 Å². The molecule has 0 saturated carbocycles. The van der Waals surface area contributed by atoms with Gasteiger partial charge in [0.05, 0.1) is 23.9 Å². The van der Waals surface area contributed by atoms with Gasteiger partial charge in [-0.25, -0.2) is 4.98 Å². The minimum atomic E-state index is -0.0938. The summed E-state index contributed by atoms with van der Waals surface area (Å²) in [6.45, 7) is 3.82. The highest BCUT2D eigenvalue weighted by atomic mass is 35.5. The summed E-state index contributed by atoms with van der Waals surface area (Å²) in [5.74, 6) is 0. The average molecular weight is 239 g/mol. The zero-order valence-corrected chi connectivity index (χ0v) is 10.0. The van der Waals surface area contributed by atoms with E-state index in [4.69, 9.17) is 16.3 Å². The van der Waals surface area contributed by atoms with Gasteiger partial charge in [0.1, 0.15) is 5.15 Å². The topological polar surface area (TPSA) is 34.1 Å². The first-order valence-electron chi connectivity index (χ1n) is 5.73. The SMILES string of the molecule is C[C@]12NCCC[C@@H]1OCc1nc(Cl)ccc12. The van der Waals surface area contributed by atoms with Crippen LogP contribution in [0.25, 0.3) is 0 Å². The zero-order valence-electron chi connectivity index (χ0n) is 9.29. The van der Waals surface area contributed by atoms with E-state index < -0.39 is 0 Å². The van der Waals surface area contributed by atoms with Gasteiger partial charge in [0.2, 0.25) is 0 Å². The van der Waals surface area contributed by atoms with Crippen LogP contribution in [0.4, 0.5) is 0 Å². The average Bonchev–Trinajstić information content (AvgIpc) is 2.28. The number of rotatable bonds is 0. The lowest BCUT2D eigenvalue weighted by molar-refractivity contribution is -0.0589. The highest BCUT2D eigenvalue weighted by Gasteiger charge is 2.43. The molecule has 0 bridgehead atoms. The van der Waals surface area contributed by atoms with Crippen LogP contribution in [0.1, 0.15) is 31.0 Å². The number of fused-ring (bicyclic) bond motifs is 3. The van der Waals surface area contributed by atoms with Gasteiger partial charge >= 0.3 is 0 Å². The third kappa shape index (κ3) is 1.46. The standard InChI is InChI=1S/C12H15ClN2O/c1-12-8-4-5-11(13)15-9(8)7-16-10(12)3-2-6-14-12/h4-5,10,14H,2-3,6-7H2,1H3/t10-,12+/m0/s1. The molecule has 0 radical (unpaired) electrons. The second-order valence-corrected chi connectivity index (χ2v) is 5.09. The number of halogens is 1. The van der Waals surface area contributed by atoms with E-state index in [1.54, 1.807) is 0 Å². The Morgan fingerprint density at radius 2 is 2.44 bits per heavy atom. The Labute approximate surface area is 100 Å². The molecule has 0 unspecified atom stereocenters. The minimum Gasteiger partial charge on any atom is -0.370 e. The van der Waals surface area contributed by atoms with Gasteiger partial charge in [0.25, 0.3) is 0 Å². The third-order valence-corrected chi connectivity index (χ3v) is 3.91. The predicted octanol–water partition coefficient (Wildman–Crippen LogP) is 2.23. The van der Waals surface area contributed by atoms with Crippen molar-refractivity contribution < 1.29 is 4.74 Å². The van der Waals surface area contributed by atoms with Crippen LogP contribution >= 0.6 is 11.6 Å². The normalized spacial score (nSPS) is 33.0. The summed E-state index contributed by atoms with van der Waals surface area (Å²) in [5, 5.41) is 4.11. The maximum atomic E-state index is 5.91. The van der Waals surface area contributed by atoms with Gasteiger partial charge in [-0.3, -0.25) is 0 Å². The van der Waals surface area contributed by atoms with E-state index in [0.29, 0.717) is 11.8 Å². The van der Waals surface area contributed by atoms with Gasteiger partial charge in [0, 0.05) is 0 Å². The molecule has 0 amide bonds. The monoisotopic (exact) mass is 238 g/mol. The van der Waals surface area contributed by atoms with Crippen molar-refractivity contribution in [3.63, 3.8) is 0 Å². The van der Waals surface area contributed by atoms with Gasteiger partial charge in [0.15, 0.2) is 0 Å². The lowest BCUT2D eigenvalue weighted by Crippen LogP contribution is -2.56. The Hall–Kier alpha value is -0.640. The second kappa shape index (κ2) is 3.69. The summed E-state index contributed by atoms with van der Waals surface area (Å²) in [6, 6.07) is 3.95. The largest absolute Gasteiger partial charge is 0.370 e. The van der Waals surface area contributed by atoms with Crippen LogP contribution in [-0.2, 0) is 16.9 Å². The van der Waals surface area contributed by atoms with E-state index in [0.717, 1.165) is 18.7 Å². The molecular formula is C12H15ClN2O.